The Morgan fingerprint density at radius 2 is 0.932 bits per heavy atom. The van der Waals surface area contributed by atoms with E-state index in [4.69, 9.17) is 42.4 Å². The molecule has 1 N–H and O–H groups in total. The molecule has 3 rings (SSSR count). The first-order chi connectivity index (χ1) is 21.1. The summed E-state index contributed by atoms with van der Waals surface area (Å²) in [6, 6.07) is 10.5. The van der Waals surface area contributed by atoms with Gasteiger partial charge in [0, 0.05) is 35.4 Å². The molecular formula is C32H38O11S. The molecule has 0 heterocycles. The van der Waals surface area contributed by atoms with E-state index >= 15 is 0 Å². The van der Waals surface area contributed by atoms with E-state index in [0.717, 1.165) is 0 Å². The van der Waals surface area contributed by atoms with Gasteiger partial charge in [-0.2, -0.15) is 8.42 Å². The van der Waals surface area contributed by atoms with Gasteiger partial charge in [-0.05, 0) is 30.7 Å². The first-order valence-corrected chi connectivity index (χ1v) is 15.0. The average Bonchev–Trinajstić information content (AvgIpc) is 3.03. The zero-order chi connectivity index (χ0) is 32.3. The van der Waals surface area contributed by atoms with E-state index in [1.807, 2.05) is 12.2 Å². The Kier molecular flexibility index (Phi) is 12.2. The number of ether oxygens (including phenoxy) is 8. The minimum absolute atomic E-state index is 0.0332. The minimum Gasteiger partial charge on any atom is -0.496 e. The van der Waals surface area contributed by atoms with Gasteiger partial charge in [-0.1, -0.05) is 12.2 Å². The Morgan fingerprint density at radius 1 is 0.545 bits per heavy atom. The maximum atomic E-state index is 11.2. The third-order valence-corrected chi connectivity index (χ3v) is 7.34. The summed E-state index contributed by atoms with van der Waals surface area (Å²) in [5.41, 5.74) is 2.63. The third-order valence-electron chi connectivity index (χ3n) is 6.53. The van der Waals surface area contributed by atoms with Crippen molar-refractivity contribution in [3.05, 3.63) is 58.7 Å². The second-order valence-corrected chi connectivity index (χ2v) is 10.7. The summed E-state index contributed by atoms with van der Waals surface area (Å²) in [6.07, 6.45) is 7.33. The lowest BCUT2D eigenvalue weighted by molar-refractivity contribution is 0.314. The highest BCUT2D eigenvalue weighted by atomic mass is 32.2. The topological polar surface area (TPSA) is 128 Å². The maximum absolute atomic E-state index is 11.2. The van der Waals surface area contributed by atoms with E-state index in [0.29, 0.717) is 68.2 Å². The van der Waals surface area contributed by atoms with Crippen molar-refractivity contribution in [1.29, 1.82) is 0 Å². The number of hydrogen-bond donors (Lipinski definition) is 1. The smallest absolute Gasteiger partial charge is 0.264 e. The standard InChI is InChI=1S/C32H38O11S/c1-36-23-17-29(39-4)25(30(18-23)40-5)11-9-21-16-28(43-13-8-14-44(33,34)35)22(15-27(21)38-3)10-12-26-31(41-6)19-24(37-2)20-32(26)42-7/h9-12,15-20H,8,13-14H2,1-7H3,(H,33,34,35)/b11-9+,12-10+. The van der Waals surface area contributed by atoms with Crippen molar-refractivity contribution in [2.24, 2.45) is 0 Å². The SMILES string of the molecule is COc1cc(OC)c(/C=C/c2cc(OCCCS(=O)(=O)O)c(/C=C/c3c(OC)cc(OC)cc3OC)cc2OC)c(OC)c1. The Morgan fingerprint density at radius 3 is 1.30 bits per heavy atom. The molecule has 3 aromatic rings. The Labute approximate surface area is 258 Å². The second-order valence-electron chi connectivity index (χ2n) is 9.18. The summed E-state index contributed by atoms with van der Waals surface area (Å²) in [5.74, 6) is 3.84. The molecule has 0 fully saturated rings. The Balaban J connectivity index is 2.11. The van der Waals surface area contributed by atoms with Crippen LogP contribution in [0.4, 0.5) is 0 Å². The van der Waals surface area contributed by atoms with Gasteiger partial charge in [-0.25, -0.2) is 0 Å². The van der Waals surface area contributed by atoms with Gasteiger partial charge in [0.25, 0.3) is 10.1 Å². The summed E-state index contributed by atoms with van der Waals surface area (Å²) in [6.45, 7) is 0.0332. The van der Waals surface area contributed by atoms with Crippen LogP contribution in [0.3, 0.4) is 0 Å². The van der Waals surface area contributed by atoms with Crippen molar-refractivity contribution in [3.63, 3.8) is 0 Å². The zero-order valence-electron chi connectivity index (χ0n) is 25.8. The fourth-order valence-corrected chi connectivity index (χ4v) is 4.80. The molecule has 0 saturated heterocycles. The minimum atomic E-state index is -4.13. The molecule has 12 heteroatoms. The molecule has 0 aliphatic carbocycles. The Hall–Kier alpha value is -4.55. The van der Waals surface area contributed by atoms with Crippen LogP contribution in [0.5, 0.6) is 46.0 Å². The normalized spacial score (nSPS) is 11.5. The molecule has 0 aromatic heterocycles. The molecule has 0 bridgehead atoms. The molecule has 0 spiro atoms. The van der Waals surface area contributed by atoms with Crippen LogP contribution in [0, 0.1) is 0 Å². The molecule has 3 aromatic carbocycles. The van der Waals surface area contributed by atoms with Gasteiger partial charge in [0.05, 0.1) is 73.3 Å². The van der Waals surface area contributed by atoms with E-state index in [1.54, 1.807) is 98.3 Å². The molecule has 0 amide bonds. The summed E-state index contributed by atoms with van der Waals surface area (Å²) in [7, 11) is 6.74. The maximum Gasteiger partial charge on any atom is 0.264 e. The average molecular weight is 631 g/mol. The van der Waals surface area contributed by atoms with Crippen LogP contribution in [-0.4, -0.2) is 75.1 Å². The molecule has 0 radical (unpaired) electrons. The van der Waals surface area contributed by atoms with Gasteiger partial charge in [0.15, 0.2) is 0 Å². The Bertz CT molecular complexity index is 1540. The third kappa shape index (κ3) is 8.74. The van der Waals surface area contributed by atoms with Crippen LogP contribution in [0.1, 0.15) is 28.7 Å². The molecule has 0 aliphatic heterocycles. The number of rotatable bonds is 16. The first kappa shape index (κ1) is 33.9. The molecule has 11 nitrogen and oxygen atoms in total. The highest BCUT2D eigenvalue weighted by Gasteiger charge is 2.15. The molecule has 0 saturated carbocycles. The summed E-state index contributed by atoms with van der Waals surface area (Å²) in [5, 5.41) is 0. The number of hydrogen-bond acceptors (Lipinski definition) is 10. The van der Waals surface area contributed by atoms with Crippen LogP contribution < -0.4 is 37.9 Å². The lowest BCUT2D eigenvalue weighted by Crippen LogP contribution is -2.09. The van der Waals surface area contributed by atoms with Crippen LogP contribution in [0.15, 0.2) is 36.4 Å². The highest BCUT2D eigenvalue weighted by molar-refractivity contribution is 7.85. The van der Waals surface area contributed by atoms with Gasteiger partial charge in [-0.15, -0.1) is 0 Å². The van der Waals surface area contributed by atoms with Crippen molar-refractivity contribution in [3.8, 4) is 46.0 Å². The van der Waals surface area contributed by atoms with Gasteiger partial charge >= 0.3 is 0 Å². The van der Waals surface area contributed by atoms with Crippen molar-refractivity contribution in [2.75, 3.05) is 62.1 Å². The fourth-order valence-electron chi connectivity index (χ4n) is 4.32. The predicted molar refractivity (Wildman–Crippen MR) is 170 cm³/mol. The van der Waals surface area contributed by atoms with Gasteiger partial charge in [0.2, 0.25) is 0 Å². The van der Waals surface area contributed by atoms with Crippen molar-refractivity contribution < 1.29 is 50.9 Å². The predicted octanol–water partition coefficient (Wildman–Crippen LogP) is 5.74. The van der Waals surface area contributed by atoms with E-state index in [9.17, 15) is 8.42 Å². The summed E-state index contributed by atoms with van der Waals surface area (Å²) < 4.78 is 76.3. The van der Waals surface area contributed by atoms with Crippen molar-refractivity contribution in [1.82, 2.24) is 0 Å². The zero-order valence-corrected chi connectivity index (χ0v) is 26.6. The second kappa shape index (κ2) is 15.8. The largest absolute Gasteiger partial charge is 0.496 e. The van der Waals surface area contributed by atoms with Gasteiger partial charge in [-0.3, -0.25) is 4.55 Å². The van der Waals surface area contributed by atoms with Gasteiger partial charge in [0.1, 0.15) is 46.0 Å². The highest BCUT2D eigenvalue weighted by Crippen LogP contribution is 2.39. The molecular weight excluding hydrogens is 592 g/mol. The first-order valence-electron chi connectivity index (χ1n) is 13.4. The van der Waals surface area contributed by atoms with E-state index in [1.165, 1.54) is 0 Å². The van der Waals surface area contributed by atoms with Crippen molar-refractivity contribution in [2.45, 2.75) is 6.42 Å². The quantitative estimate of drug-likeness (QED) is 0.118. The van der Waals surface area contributed by atoms with Crippen molar-refractivity contribution >= 4 is 34.4 Å². The molecule has 0 aliphatic rings. The molecule has 0 unspecified atom stereocenters. The molecule has 44 heavy (non-hydrogen) atoms. The molecule has 238 valence electrons. The van der Waals surface area contributed by atoms with E-state index < -0.39 is 15.9 Å². The lowest BCUT2D eigenvalue weighted by Gasteiger charge is -2.15. The fraction of sp³-hybridized carbons (Fsp3) is 0.312. The monoisotopic (exact) mass is 630 g/mol. The van der Waals surface area contributed by atoms with E-state index in [2.05, 4.69) is 0 Å². The van der Waals surface area contributed by atoms with Gasteiger partial charge < -0.3 is 37.9 Å². The number of methoxy groups -OCH3 is 7. The van der Waals surface area contributed by atoms with Crippen LogP contribution >= 0.6 is 0 Å². The van der Waals surface area contributed by atoms with Crippen LogP contribution in [0.2, 0.25) is 0 Å². The van der Waals surface area contributed by atoms with E-state index in [-0.39, 0.29) is 13.0 Å². The van der Waals surface area contributed by atoms with Crippen LogP contribution in [-0.2, 0) is 10.1 Å². The summed E-state index contributed by atoms with van der Waals surface area (Å²) >= 11 is 0. The lowest BCUT2D eigenvalue weighted by atomic mass is 10.0. The molecule has 0 atom stereocenters. The number of benzene rings is 3. The van der Waals surface area contributed by atoms with Crippen LogP contribution in [0.25, 0.3) is 24.3 Å². The summed E-state index contributed by atoms with van der Waals surface area (Å²) in [4.78, 5) is 0.